The minimum atomic E-state index is -4.05. The van der Waals surface area contributed by atoms with E-state index in [-0.39, 0.29) is 13.0 Å². The standard InChI is InChI=1S/C8H17O4S/c1-3-5-8(2,6-4-7-9)13(10,11)12/h9H,1,3-7H2,2H3,(H,10,11,12). The van der Waals surface area contributed by atoms with Gasteiger partial charge in [-0.2, -0.15) is 8.42 Å². The third-order valence-electron chi connectivity index (χ3n) is 2.19. The van der Waals surface area contributed by atoms with Gasteiger partial charge in [-0.15, -0.1) is 0 Å². The Morgan fingerprint density at radius 1 is 1.38 bits per heavy atom. The molecule has 0 bridgehead atoms. The van der Waals surface area contributed by atoms with Crippen molar-refractivity contribution in [2.75, 3.05) is 6.61 Å². The Hall–Kier alpha value is -0.130. The highest BCUT2D eigenvalue weighted by Crippen LogP contribution is 2.27. The Bertz CT molecular complexity index is 235. The van der Waals surface area contributed by atoms with Gasteiger partial charge in [0.1, 0.15) is 0 Å². The van der Waals surface area contributed by atoms with Crippen molar-refractivity contribution in [2.24, 2.45) is 0 Å². The zero-order valence-electron chi connectivity index (χ0n) is 7.86. The van der Waals surface area contributed by atoms with Crippen LogP contribution in [0.25, 0.3) is 0 Å². The van der Waals surface area contributed by atoms with Crippen molar-refractivity contribution in [3.8, 4) is 0 Å². The number of aliphatic hydroxyl groups is 1. The summed E-state index contributed by atoms with van der Waals surface area (Å²) in [4.78, 5) is 0. The van der Waals surface area contributed by atoms with Crippen molar-refractivity contribution in [3.63, 3.8) is 0 Å². The molecular formula is C8H17O4S. The van der Waals surface area contributed by atoms with Crippen molar-refractivity contribution in [3.05, 3.63) is 6.92 Å². The van der Waals surface area contributed by atoms with Crippen molar-refractivity contribution in [2.45, 2.75) is 37.4 Å². The first-order valence-corrected chi connectivity index (χ1v) is 5.68. The highest BCUT2D eigenvalue weighted by atomic mass is 32.2. The molecule has 1 atom stereocenters. The Morgan fingerprint density at radius 3 is 2.23 bits per heavy atom. The second kappa shape index (κ2) is 4.93. The number of hydrogen-bond acceptors (Lipinski definition) is 3. The molecule has 0 aromatic rings. The summed E-state index contributed by atoms with van der Waals surface area (Å²) in [6, 6.07) is 0. The van der Waals surface area contributed by atoms with Gasteiger partial charge in [-0.25, -0.2) is 0 Å². The SMILES string of the molecule is [CH2]CCC(C)(CCCO)S(=O)(=O)O. The maximum atomic E-state index is 11.0. The summed E-state index contributed by atoms with van der Waals surface area (Å²) in [7, 11) is -4.05. The number of hydrogen-bond donors (Lipinski definition) is 2. The molecule has 1 radical (unpaired) electrons. The first-order chi connectivity index (χ1) is 5.87. The third-order valence-corrected chi connectivity index (χ3v) is 3.85. The lowest BCUT2D eigenvalue weighted by Crippen LogP contribution is -2.35. The Morgan fingerprint density at radius 2 is 1.92 bits per heavy atom. The zero-order chi connectivity index (χ0) is 10.5. The van der Waals surface area contributed by atoms with Gasteiger partial charge < -0.3 is 5.11 Å². The molecule has 13 heavy (non-hydrogen) atoms. The molecule has 0 aromatic heterocycles. The van der Waals surface area contributed by atoms with Crippen LogP contribution in [-0.4, -0.2) is 29.4 Å². The molecule has 0 aliphatic rings. The van der Waals surface area contributed by atoms with Gasteiger partial charge in [0.15, 0.2) is 0 Å². The predicted molar refractivity (Wildman–Crippen MR) is 50.9 cm³/mol. The van der Waals surface area contributed by atoms with Crippen LogP contribution in [0.5, 0.6) is 0 Å². The molecule has 0 saturated heterocycles. The Kier molecular flexibility index (Phi) is 4.88. The zero-order valence-corrected chi connectivity index (χ0v) is 8.68. The van der Waals surface area contributed by atoms with Gasteiger partial charge in [0.05, 0.1) is 4.75 Å². The number of aliphatic hydroxyl groups excluding tert-OH is 1. The van der Waals surface area contributed by atoms with E-state index in [0.717, 1.165) is 0 Å². The molecule has 0 aliphatic heterocycles. The minimum Gasteiger partial charge on any atom is -0.396 e. The summed E-state index contributed by atoms with van der Waals surface area (Å²) in [5.74, 6) is 0. The van der Waals surface area contributed by atoms with E-state index in [1.165, 1.54) is 6.92 Å². The van der Waals surface area contributed by atoms with Gasteiger partial charge in [-0.3, -0.25) is 4.55 Å². The van der Waals surface area contributed by atoms with Crippen molar-refractivity contribution >= 4 is 10.1 Å². The molecule has 0 saturated carbocycles. The molecule has 0 aliphatic carbocycles. The average Bonchev–Trinajstić information content (AvgIpc) is 1.99. The molecule has 0 amide bonds. The maximum Gasteiger partial charge on any atom is 0.270 e. The highest BCUT2D eigenvalue weighted by molar-refractivity contribution is 7.87. The second-order valence-electron chi connectivity index (χ2n) is 3.36. The topological polar surface area (TPSA) is 74.6 Å². The van der Waals surface area contributed by atoms with Crippen LogP contribution in [0.4, 0.5) is 0 Å². The fourth-order valence-corrected chi connectivity index (χ4v) is 2.01. The summed E-state index contributed by atoms with van der Waals surface area (Å²) in [6.45, 7) is 4.96. The molecule has 4 nitrogen and oxygen atoms in total. The summed E-state index contributed by atoms with van der Waals surface area (Å²) >= 11 is 0. The van der Waals surface area contributed by atoms with E-state index < -0.39 is 14.9 Å². The normalized spacial score (nSPS) is 16.9. The lowest BCUT2D eigenvalue weighted by atomic mass is 9.99. The predicted octanol–water partition coefficient (Wildman–Crippen LogP) is 1.02. The average molecular weight is 209 g/mol. The van der Waals surface area contributed by atoms with Gasteiger partial charge in [0.25, 0.3) is 10.1 Å². The Balaban J connectivity index is 4.53. The van der Waals surface area contributed by atoms with Crippen LogP contribution in [0.2, 0.25) is 0 Å². The van der Waals surface area contributed by atoms with Crippen LogP contribution in [0.15, 0.2) is 0 Å². The minimum absolute atomic E-state index is 0.0672. The Labute approximate surface area is 79.7 Å². The highest BCUT2D eigenvalue weighted by Gasteiger charge is 2.36. The van der Waals surface area contributed by atoms with E-state index in [9.17, 15) is 8.42 Å². The summed E-state index contributed by atoms with van der Waals surface area (Å²) < 4.78 is 29.8. The monoisotopic (exact) mass is 209 g/mol. The van der Waals surface area contributed by atoms with E-state index in [4.69, 9.17) is 9.66 Å². The molecule has 0 fully saturated rings. The summed E-state index contributed by atoms with van der Waals surface area (Å²) in [5.41, 5.74) is 0. The molecule has 1 unspecified atom stereocenters. The van der Waals surface area contributed by atoms with Gasteiger partial charge in [0.2, 0.25) is 0 Å². The van der Waals surface area contributed by atoms with E-state index >= 15 is 0 Å². The van der Waals surface area contributed by atoms with E-state index in [1.54, 1.807) is 0 Å². The quantitative estimate of drug-likeness (QED) is 0.640. The van der Waals surface area contributed by atoms with Gasteiger partial charge in [0, 0.05) is 6.61 Å². The first-order valence-electron chi connectivity index (χ1n) is 4.24. The van der Waals surface area contributed by atoms with Gasteiger partial charge in [-0.1, -0.05) is 13.3 Å². The van der Waals surface area contributed by atoms with E-state index in [2.05, 4.69) is 6.92 Å². The van der Waals surface area contributed by atoms with Crippen LogP contribution in [0, 0.1) is 6.92 Å². The molecular weight excluding hydrogens is 192 g/mol. The third kappa shape index (κ3) is 3.62. The van der Waals surface area contributed by atoms with Gasteiger partial charge in [-0.05, 0) is 26.2 Å². The van der Waals surface area contributed by atoms with Crippen molar-refractivity contribution in [1.29, 1.82) is 0 Å². The van der Waals surface area contributed by atoms with Gasteiger partial charge >= 0.3 is 0 Å². The fraction of sp³-hybridized carbons (Fsp3) is 0.875. The summed E-state index contributed by atoms with van der Waals surface area (Å²) in [6.07, 6.45) is 1.39. The van der Waals surface area contributed by atoms with Crippen LogP contribution >= 0.6 is 0 Å². The summed E-state index contributed by atoms with van der Waals surface area (Å²) in [5, 5.41) is 8.57. The maximum absolute atomic E-state index is 11.0. The van der Waals surface area contributed by atoms with Crippen LogP contribution in [-0.2, 0) is 10.1 Å². The molecule has 2 N–H and O–H groups in total. The molecule has 79 valence electrons. The van der Waals surface area contributed by atoms with E-state index in [1.807, 2.05) is 0 Å². The smallest absolute Gasteiger partial charge is 0.270 e. The molecule has 5 heteroatoms. The number of rotatable bonds is 6. The molecule has 0 heterocycles. The van der Waals surface area contributed by atoms with Crippen LogP contribution < -0.4 is 0 Å². The van der Waals surface area contributed by atoms with Crippen LogP contribution in [0.1, 0.15) is 32.6 Å². The largest absolute Gasteiger partial charge is 0.396 e. The van der Waals surface area contributed by atoms with Crippen molar-refractivity contribution in [1.82, 2.24) is 0 Å². The molecule has 0 aromatic carbocycles. The van der Waals surface area contributed by atoms with Crippen LogP contribution in [0.3, 0.4) is 0 Å². The first kappa shape index (κ1) is 12.9. The lowest BCUT2D eigenvalue weighted by Gasteiger charge is -2.25. The lowest BCUT2D eigenvalue weighted by molar-refractivity contribution is 0.272. The fourth-order valence-electron chi connectivity index (χ4n) is 1.21. The molecule has 0 rings (SSSR count). The second-order valence-corrected chi connectivity index (χ2v) is 5.29. The molecule has 0 spiro atoms. The van der Waals surface area contributed by atoms with E-state index in [0.29, 0.717) is 19.3 Å². The van der Waals surface area contributed by atoms with Crippen molar-refractivity contribution < 1.29 is 18.1 Å².